The number of nitrogens with zero attached hydrogens (tertiary/aromatic N) is 1. The number of hydrogen-bond acceptors (Lipinski definition) is 5. The van der Waals surface area contributed by atoms with Crippen LogP contribution in [0, 0.1) is 5.92 Å². The van der Waals surface area contributed by atoms with Gasteiger partial charge in [-0.2, -0.15) is 0 Å². The third-order valence-electron chi connectivity index (χ3n) is 3.52. The Morgan fingerprint density at radius 2 is 1.74 bits per heavy atom. The highest BCUT2D eigenvalue weighted by atomic mass is 16.7. The van der Waals surface area contributed by atoms with E-state index in [-0.39, 0.29) is 6.29 Å². The molecule has 1 saturated heterocycles. The Bertz CT molecular complexity index is 217. The van der Waals surface area contributed by atoms with Crippen molar-refractivity contribution in [2.75, 3.05) is 53.6 Å². The number of ether oxygens (including phenoxy) is 3. The maximum absolute atomic E-state index is 5.43. The van der Waals surface area contributed by atoms with E-state index in [0.717, 1.165) is 39.4 Å². The zero-order chi connectivity index (χ0) is 14.1. The SMILES string of the molecule is COC(CNCC(CC(C)C)N1CCOCC1)OC. The number of nitrogens with one attached hydrogen (secondary N) is 1. The fourth-order valence-corrected chi connectivity index (χ4v) is 2.48. The Kier molecular flexibility index (Phi) is 8.57. The first-order chi connectivity index (χ1) is 9.17. The Hall–Kier alpha value is -0.200. The highest BCUT2D eigenvalue weighted by Gasteiger charge is 2.21. The maximum Gasteiger partial charge on any atom is 0.169 e. The molecule has 0 spiro atoms. The number of hydrogen-bond donors (Lipinski definition) is 1. The van der Waals surface area contributed by atoms with Crippen molar-refractivity contribution in [3.05, 3.63) is 0 Å². The molecule has 1 aliphatic rings. The van der Waals surface area contributed by atoms with Crippen molar-refractivity contribution in [2.45, 2.75) is 32.6 Å². The summed E-state index contributed by atoms with van der Waals surface area (Å²) >= 11 is 0. The Morgan fingerprint density at radius 3 is 2.26 bits per heavy atom. The Balaban J connectivity index is 2.35. The van der Waals surface area contributed by atoms with Gasteiger partial charge in [-0.3, -0.25) is 4.90 Å². The second-order valence-corrected chi connectivity index (χ2v) is 5.49. The first-order valence-electron chi connectivity index (χ1n) is 7.25. The molecule has 19 heavy (non-hydrogen) atoms. The van der Waals surface area contributed by atoms with Crippen LogP contribution in [0.5, 0.6) is 0 Å². The van der Waals surface area contributed by atoms with Crippen molar-refractivity contribution in [3.63, 3.8) is 0 Å². The second kappa shape index (κ2) is 9.66. The molecule has 0 radical (unpaired) electrons. The van der Waals surface area contributed by atoms with Gasteiger partial charge in [0, 0.05) is 46.4 Å². The lowest BCUT2D eigenvalue weighted by Crippen LogP contribution is -2.49. The summed E-state index contributed by atoms with van der Waals surface area (Å²) in [6, 6.07) is 0.568. The standard InChI is InChI=1S/C14H30N2O3/c1-12(2)9-13(16-5-7-19-8-6-16)10-15-11-14(17-3)18-4/h12-15H,5-11H2,1-4H3. The van der Waals surface area contributed by atoms with Crippen molar-refractivity contribution < 1.29 is 14.2 Å². The minimum absolute atomic E-state index is 0.163. The Morgan fingerprint density at radius 1 is 1.11 bits per heavy atom. The van der Waals surface area contributed by atoms with E-state index in [2.05, 4.69) is 24.1 Å². The van der Waals surface area contributed by atoms with Crippen molar-refractivity contribution >= 4 is 0 Å². The topological polar surface area (TPSA) is 43.0 Å². The van der Waals surface area contributed by atoms with E-state index in [4.69, 9.17) is 14.2 Å². The molecule has 1 fully saturated rings. The molecule has 114 valence electrons. The Labute approximate surface area is 117 Å². The van der Waals surface area contributed by atoms with Crippen LogP contribution in [0.1, 0.15) is 20.3 Å². The van der Waals surface area contributed by atoms with Crippen LogP contribution < -0.4 is 5.32 Å². The zero-order valence-corrected chi connectivity index (χ0v) is 12.9. The summed E-state index contributed by atoms with van der Waals surface area (Å²) in [7, 11) is 3.34. The lowest BCUT2D eigenvalue weighted by molar-refractivity contribution is -0.0994. The van der Waals surface area contributed by atoms with E-state index in [9.17, 15) is 0 Å². The average Bonchev–Trinajstić information content (AvgIpc) is 2.43. The van der Waals surface area contributed by atoms with Crippen LogP contribution in [-0.4, -0.2) is 70.8 Å². The molecule has 5 nitrogen and oxygen atoms in total. The second-order valence-electron chi connectivity index (χ2n) is 5.49. The molecule has 1 N–H and O–H groups in total. The minimum Gasteiger partial charge on any atom is -0.379 e. The lowest BCUT2D eigenvalue weighted by Gasteiger charge is -2.35. The van der Waals surface area contributed by atoms with Crippen molar-refractivity contribution in [3.8, 4) is 0 Å². The summed E-state index contributed by atoms with van der Waals surface area (Å²) in [6.45, 7) is 10.0. The van der Waals surface area contributed by atoms with Gasteiger partial charge in [-0.15, -0.1) is 0 Å². The maximum atomic E-state index is 5.43. The molecule has 0 aromatic carbocycles. The van der Waals surface area contributed by atoms with Crippen LogP contribution in [-0.2, 0) is 14.2 Å². The van der Waals surface area contributed by atoms with Gasteiger partial charge >= 0.3 is 0 Å². The summed E-state index contributed by atoms with van der Waals surface area (Å²) in [4.78, 5) is 2.53. The first kappa shape index (κ1) is 16.9. The molecule has 0 saturated carbocycles. The number of morpholine rings is 1. The summed E-state index contributed by atoms with van der Waals surface area (Å²) in [5, 5.41) is 3.46. The van der Waals surface area contributed by atoms with Gasteiger partial charge < -0.3 is 19.5 Å². The molecule has 1 rings (SSSR count). The predicted octanol–water partition coefficient (Wildman–Crippen LogP) is 0.942. The van der Waals surface area contributed by atoms with Crippen molar-refractivity contribution in [2.24, 2.45) is 5.92 Å². The fraction of sp³-hybridized carbons (Fsp3) is 1.00. The summed E-state index contributed by atoms with van der Waals surface area (Å²) in [5.74, 6) is 0.704. The molecule has 0 aromatic heterocycles. The average molecular weight is 274 g/mol. The highest BCUT2D eigenvalue weighted by Crippen LogP contribution is 2.13. The van der Waals surface area contributed by atoms with Gasteiger partial charge in [-0.1, -0.05) is 13.8 Å². The molecule has 1 atom stereocenters. The molecule has 1 unspecified atom stereocenters. The summed E-state index contributed by atoms with van der Waals surface area (Å²) in [6.07, 6.45) is 1.04. The van der Waals surface area contributed by atoms with Crippen molar-refractivity contribution in [1.29, 1.82) is 0 Å². The van der Waals surface area contributed by atoms with Gasteiger partial charge in [0.2, 0.25) is 0 Å². The van der Waals surface area contributed by atoms with E-state index in [1.807, 2.05) is 0 Å². The minimum atomic E-state index is -0.163. The van der Waals surface area contributed by atoms with E-state index >= 15 is 0 Å². The summed E-state index contributed by atoms with van der Waals surface area (Å²) < 4.78 is 15.8. The number of methoxy groups -OCH3 is 2. The molecular formula is C14H30N2O3. The van der Waals surface area contributed by atoms with Crippen LogP contribution in [0.3, 0.4) is 0 Å². The van der Waals surface area contributed by atoms with Gasteiger partial charge in [0.1, 0.15) is 0 Å². The first-order valence-corrected chi connectivity index (χ1v) is 7.25. The van der Waals surface area contributed by atoms with Crippen molar-refractivity contribution in [1.82, 2.24) is 10.2 Å². The molecule has 0 amide bonds. The van der Waals surface area contributed by atoms with E-state index in [0.29, 0.717) is 12.0 Å². The largest absolute Gasteiger partial charge is 0.379 e. The van der Waals surface area contributed by atoms with Gasteiger partial charge in [0.15, 0.2) is 6.29 Å². The highest BCUT2D eigenvalue weighted by molar-refractivity contribution is 4.77. The van der Waals surface area contributed by atoms with Gasteiger partial charge in [-0.25, -0.2) is 0 Å². The third kappa shape index (κ3) is 6.68. The fourth-order valence-electron chi connectivity index (χ4n) is 2.48. The van der Waals surface area contributed by atoms with Crippen LogP contribution in [0.25, 0.3) is 0 Å². The zero-order valence-electron chi connectivity index (χ0n) is 12.9. The molecular weight excluding hydrogens is 244 g/mol. The molecule has 0 bridgehead atoms. The molecule has 1 aliphatic heterocycles. The van der Waals surface area contributed by atoms with E-state index < -0.39 is 0 Å². The third-order valence-corrected chi connectivity index (χ3v) is 3.52. The number of rotatable bonds is 9. The van der Waals surface area contributed by atoms with Crippen LogP contribution >= 0.6 is 0 Å². The summed E-state index contributed by atoms with van der Waals surface area (Å²) in [5.41, 5.74) is 0. The van der Waals surface area contributed by atoms with Crippen LogP contribution in [0.15, 0.2) is 0 Å². The lowest BCUT2D eigenvalue weighted by atomic mass is 10.0. The van der Waals surface area contributed by atoms with Crippen LogP contribution in [0.2, 0.25) is 0 Å². The van der Waals surface area contributed by atoms with E-state index in [1.165, 1.54) is 6.42 Å². The molecule has 1 heterocycles. The molecule has 5 heteroatoms. The van der Waals surface area contributed by atoms with Gasteiger partial charge in [0.05, 0.1) is 13.2 Å². The van der Waals surface area contributed by atoms with E-state index in [1.54, 1.807) is 14.2 Å². The molecule has 0 aliphatic carbocycles. The monoisotopic (exact) mass is 274 g/mol. The van der Waals surface area contributed by atoms with Gasteiger partial charge in [0.25, 0.3) is 0 Å². The predicted molar refractivity (Wildman–Crippen MR) is 76.3 cm³/mol. The quantitative estimate of drug-likeness (QED) is 0.634. The van der Waals surface area contributed by atoms with Crippen LogP contribution in [0.4, 0.5) is 0 Å². The normalized spacial score (nSPS) is 19.3. The molecule has 0 aromatic rings. The van der Waals surface area contributed by atoms with Gasteiger partial charge in [-0.05, 0) is 12.3 Å². The smallest absolute Gasteiger partial charge is 0.169 e.